The normalized spacial score (nSPS) is 24.8. The molecule has 1 saturated carbocycles. The lowest BCUT2D eigenvalue weighted by Gasteiger charge is -2.18. The maximum Gasteiger partial charge on any atom is 0.228 e. The molecule has 1 fully saturated rings. The highest BCUT2D eigenvalue weighted by atomic mass is 32.2. The van der Waals surface area contributed by atoms with Gasteiger partial charge in [0.15, 0.2) is 0 Å². The molecule has 3 atom stereocenters. The Morgan fingerprint density at radius 2 is 1.74 bits per heavy atom. The van der Waals surface area contributed by atoms with Crippen molar-refractivity contribution in [2.24, 2.45) is 17.8 Å². The number of hydrogen-bond donors (Lipinski definition) is 1. The quantitative estimate of drug-likeness (QED) is 0.804. The number of hydrogen-bond acceptors (Lipinski definition) is 2. The molecule has 3 unspecified atom stereocenters. The van der Waals surface area contributed by atoms with Gasteiger partial charge in [-0.25, -0.2) is 0 Å². The summed E-state index contributed by atoms with van der Waals surface area (Å²) in [6.45, 7) is 0. The fraction of sp³-hybridized carbons (Fsp3) is 0.250. The smallest absolute Gasteiger partial charge is 0.228 e. The Kier molecular flexibility index (Phi) is 3.96. The van der Waals surface area contributed by atoms with Crippen molar-refractivity contribution >= 4 is 23.4 Å². The average molecular weight is 321 g/mol. The zero-order valence-corrected chi connectivity index (χ0v) is 13.6. The Morgan fingerprint density at radius 1 is 0.957 bits per heavy atom. The SMILES string of the molecule is O=C(Nc1ccccc1Sc1ccccc1)C1CC2C=CC1C2. The molecule has 2 nitrogen and oxygen atoms in total. The largest absolute Gasteiger partial charge is 0.325 e. The molecule has 1 amide bonds. The second-order valence-electron chi connectivity index (χ2n) is 6.29. The van der Waals surface area contributed by atoms with Crippen LogP contribution in [-0.4, -0.2) is 5.91 Å². The van der Waals surface area contributed by atoms with Gasteiger partial charge in [-0.1, -0.05) is 54.2 Å². The van der Waals surface area contributed by atoms with Crippen molar-refractivity contribution in [2.45, 2.75) is 22.6 Å². The van der Waals surface area contributed by atoms with Crippen LogP contribution in [0.1, 0.15) is 12.8 Å². The number of nitrogens with one attached hydrogen (secondary N) is 1. The average Bonchev–Trinajstić information content (AvgIpc) is 3.21. The molecule has 2 aromatic rings. The zero-order chi connectivity index (χ0) is 15.6. The summed E-state index contributed by atoms with van der Waals surface area (Å²) in [4.78, 5) is 14.9. The van der Waals surface area contributed by atoms with Gasteiger partial charge in [0.25, 0.3) is 0 Å². The highest BCUT2D eigenvalue weighted by Crippen LogP contribution is 2.44. The standard InChI is InChI=1S/C20H19NOS/c22-20(17-13-14-10-11-15(17)12-14)21-18-8-4-5-9-19(18)23-16-6-2-1-3-7-16/h1-11,14-15,17H,12-13H2,(H,21,22). The van der Waals surface area contributed by atoms with Gasteiger partial charge in [-0.15, -0.1) is 0 Å². The fourth-order valence-electron chi connectivity index (χ4n) is 3.58. The van der Waals surface area contributed by atoms with Crippen LogP contribution in [0.4, 0.5) is 5.69 Å². The first kappa shape index (κ1) is 14.6. The molecule has 3 heteroatoms. The van der Waals surface area contributed by atoms with E-state index in [-0.39, 0.29) is 11.8 Å². The van der Waals surface area contributed by atoms with Crippen LogP contribution in [0.15, 0.2) is 76.5 Å². The molecule has 2 aliphatic carbocycles. The molecule has 2 aliphatic rings. The monoisotopic (exact) mass is 321 g/mol. The van der Waals surface area contributed by atoms with E-state index in [9.17, 15) is 4.79 Å². The summed E-state index contributed by atoms with van der Waals surface area (Å²) in [7, 11) is 0. The van der Waals surface area contributed by atoms with Gasteiger partial charge in [-0.05, 0) is 48.9 Å². The van der Waals surface area contributed by atoms with Crippen LogP contribution in [0.2, 0.25) is 0 Å². The van der Waals surface area contributed by atoms with Gasteiger partial charge < -0.3 is 5.32 Å². The molecular weight excluding hydrogens is 302 g/mol. The molecule has 0 aliphatic heterocycles. The van der Waals surface area contributed by atoms with E-state index >= 15 is 0 Å². The van der Waals surface area contributed by atoms with Crippen LogP contribution in [0.3, 0.4) is 0 Å². The molecule has 1 N–H and O–H groups in total. The van der Waals surface area contributed by atoms with Crippen LogP contribution >= 0.6 is 11.8 Å². The minimum Gasteiger partial charge on any atom is -0.325 e. The van der Waals surface area contributed by atoms with Crippen molar-refractivity contribution in [3.8, 4) is 0 Å². The van der Waals surface area contributed by atoms with Crippen molar-refractivity contribution in [2.75, 3.05) is 5.32 Å². The third-order valence-corrected chi connectivity index (χ3v) is 5.82. The third-order valence-electron chi connectivity index (χ3n) is 4.73. The van der Waals surface area contributed by atoms with E-state index in [0.717, 1.165) is 23.4 Å². The van der Waals surface area contributed by atoms with Gasteiger partial charge in [0.05, 0.1) is 5.69 Å². The molecule has 0 saturated heterocycles. The molecule has 0 heterocycles. The number of rotatable bonds is 4. The molecule has 4 rings (SSSR count). The Labute approximate surface area is 141 Å². The molecule has 23 heavy (non-hydrogen) atoms. The summed E-state index contributed by atoms with van der Waals surface area (Å²) in [5.41, 5.74) is 0.915. The number of carbonyl (C=O) groups excluding carboxylic acids is 1. The van der Waals surface area contributed by atoms with Gasteiger partial charge in [-0.3, -0.25) is 4.79 Å². The summed E-state index contributed by atoms with van der Waals surface area (Å²) in [6.07, 6.45) is 6.65. The van der Waals surface area contributed by atoms with Gasteiger partial charge in [0.1, 0.15) is 0 Å². The lowest BCUT2D eigenvalue weighted by molar-refractivity contribution is -0.120. The van der Waals surface area contributed by atoms with Crippen LogP contribution in [0.5, 0.6) is 0 Å². The number of fused-ring (bicyclic) bond motifs is 2. The second-order valence-corrected chi connectivity index (χ2v) is 7.40. The number of allylic oxidation sites excluding steroid dienone is 2. The summed E-state index contributed by atoms with van der Waals surface area (Å²) in [6, 6.07) is 18.3. The second kappa shape index (κ2) is 6.25. The number of para-hydroxylation sites is 1. The highest BCUT2D eigenvalue weighted by Gasteiger charge is 2.39. The summed E-state index contributed by atoms with van der Waals surface area (Å²) < 4.78 is 0. The Morgan fingerprint density at radius 3 is 2.48 bits per heavy atom. The predicted molar refractivity (Wildman–Crippen MR) is 94.5 cm³/mol. The molecular formula is C20H19NOS. The molecule has 0 spiro atoms. The predicted octanol–water partition coefficient (Wildman–Crippen LogP) is 4.99. The minimum atomic E-state index is 0.139. The zero-order valence-electron chi connectivity index (χ0n) is 12.8. The van der Waals surface area contributed by atoms with Crippen molar-refractivity contribution < 1.29 is 4.79 Å². The summed E-state index contributed by atoms with van der Waals surface area (Å²) >= 11 is 1.69. The third kappa shape index (κ3) is 3.06. The first-order chi connectivity index (χ1) is 11.3. The van der Waals surface area contributed by atoms with Crippen molar-refractivity contribution in [3.63, 3.8) is 0 Å². The van der Waals surface area contributed by atoms with E-state index in [1.165, 1.54) is 4.90 Å². The molecule has 2 aromatic carbocycles. The maximum atomic E-state index is 12.7. The van der Waals surface area contributed by atoms with Crippen LogP contribution in [-0.2, 0) is 4.79 Å². The van der Waals surface area contributed by atoms with E-state index in [1.807, 2.05) is 36.4 Å². The van der Waals surface area contributed by atoms with E-state index in [4.69, 9.17) is 0 Å². The lowest BCUT2D eigenvalue weighted by atomic mass is 9.93. The molecule has 116 valence electrons. The lowest BCUT2D eigenvalue weighted by Crippen LogP contribution is -2.26. The molecule has 0 aromatic heterocycles. The number of amides is 1. The topological polar surface area (TPSA) is 29.1 Å². The maximum absolute atomic E-state index is 12.7. The summed E-state index contributed by atoms with van der Waals surface area (Å²) in [5, 5.41) is 3.16. The first-order valence-electron chi connectivity index (χ1n) is 8.11. The van der Waals surface area contributed by atoms with E-state index in [0.29, 0.717) is 11.8 Å². The van der Waals surface area contributed by atoms with Crippen molar-refractivity contribution in [1.82, 2.24) is 0 Å². The van der Waals surface area contributed by atoms with Gasteiger partial charge in [0, 0.05) is 15.7 Å². The van der Waals surface area contributed by atoms with Crippen LogP contribution in [0, 0.1) is 17.8 Å². The Bertz CT molecular complexity index is 740. The van der Waals surface area contributed by atoms with Gasteiger partial charge in [-0.2, -0.15) is 0 Å². The highest BCUT2D eigenvalue weighted by molar-refractivity contribution is 7.99. The number of benzene rings is 2. The first-order valence-corrected chi connectivity index (χ1v) is 8.92. The Hall–Kier alpha value is -2.00. The van der Waals surface area contributed by atoms with Crippen LogP contribution < -0.4 is 5.32 Å². The van der Waals surface area contributed by atoms with E-state index in [2.05, 4.69) is 35.7 Å². The van der Waals surface area contributed by atoms with E-state index in [1.54, 1.807) is 11.8 Å². The van der Waals surface area contributed by atoms with E-state index < -0.39 is 0 Å². The molecule has 0 radical (unpaired) electrons. The minimum absolute atomic E-state index is 0.139. The molecule has 2 bridgehead atoms. The fourth-order valence-corrected chi connectivity index (χ4v) is 4.50. The number of carbonyl (C=O) groups is 1. The van der Waals surface area contributed by atoms with Gasteiger partial charge in [0.2, 0.25) is 5.91 Å². The summed E-state index contributed by atoms with van der Waals surface area (Å²) in [5.74, 6) is 1.36. The van der Waals surface area contributed by atoms with Gasteiger partial charge >= 0.3 is 0 Å². The van der Waals surface area contributed by atoms with Crippen molar-refractivity contribution in [1.29, 1.82) is 0 Å². The van der Waals surface area contributed by atoms with Crippen molar-refractivity contribution in [3.05, 3.63) is 66.7 Å². The Balaban J connectivity index is 1.51. The van der Waals surface area contributed by atoms with Crippen LogP contribution in [0.25, 0.3) is 0 Å². The number of anilines is 1.